The second-order valence-corrected chi connectivity index (χ2v) is 6.30. The maximum Gasteiger partial charge on any atom is 0.416 e. The van der Waals surface area contributed by atoms with E-state index in [1.807, 2.05) is 6.92 Å². The summed E-state index contributed by atoms with van der Waals surface area (Å²) < 4.78 is 39.4. The molecule has 0 aliphatic rings. The molecule has 0 aliphatic carbocycles. The molecule has 0 aliphatic heterocycles. The van der Waals surface area contributed by atoms with Gasteiger partial charge < -0.3 is 11.1 Å². The Hall–Kier alpha value is -1.56. The lowest BCUT2D eigenvalue weighted by molar-refractivity contribution is -0.138. The first kappa shape index (κ1) is 19.5. The van der Waals surface area contributed by atoms with Crippen molar-refractivity contribution in [2.75, 3.05) is 0 Å². The molecular weight excluding hydrogens is 305 g/mol. The summed E-state index contributed by atoms with van der Waals surface area (Å²) in [5, 5.41) is 2.75. The summed E-state index contributed by atoms with van der Waals surface area (Å²) in [7, 11) is 0. The van der Waals surface area contributed by atoms with Gasteiger partial charge in [0, 0.05) is 12.0 Å². The van der Waals surface area contributed by atoms with Crippen LogP contribution in [0.3, 0.4) is 0 Å². The Labute approximate surface area is 135 Å². The number of nitrogens with one attached hydrogen (secondary N) is 1. The summed E-state index contributed by atoms with van der Waals surface area (Å²) in [6, 6.07) is 4.97. The molecule has 0 spiro atoms. The fourth-order valence-corrected chi connectivity index (χ4v) is 2.55. The molecule has 0 heterocycles. The van der Waals surface area contributed by atoms with Crippen LogP contribution in [0.15, 0.2) is 24.3 Å². The number of hydrogen-bond donors (Lipinski definition) is 2. The Balaban J connectivity index is 2.94. The first-order valence-electron chi connectivity index (χ1n) is 7.76. The van der Waals surface area contributed by atoms with Crippen LogP contribution in [0.1, 0.15) is 57.6 Å². The first-order chi connectivity index (χ1) is 10.5. The molecule has 6 heteroatoms. The topological polar surface area (TPSA) is 55.1 Å². The van der Waals surface area contributed by atoms with E-state index >= 15 is 0 Å². The minimum absolute atomic E-state index is 0.169. The van der Waals surface area contributed by atoms with E-state index in [0.29, 0.717) is 6.42 Å². The van der Waals surface area contributed by atoms with Gasteiger partial charge in [-0.3, -0.25) is 4.79 Å². The van der Waals surface area contributed by atoms with Gasteiger partial charge in [0.1, 0.15) is 0 Å². The highest BCUT2D eigenvalue weighted by Crippen LogP contribution is 2.36. The third-order valence-corrected chi connectivity index (χ3v) is 4.15. The lowest BCUT2D eigenvalue weighted by atomic mass is 9.89. The average molecular weight is 330 g/mol. The molecule has 3 atom stereocenters. The van der Waals surface area contributed by atoms with Gasteiger partial charge >= 0.3 is 6.18 Å². The molecule has 0 saturated heterocycles. The zero-order valence-electron chi connectivity index (χ0n) is 14.0. The maximum absolute atomic E-state index is 13.1. The van der Waals surface area contributed by atoms with Crippen molar-refractivity contribution in [3.05, 3.63) is 35.4 Å². The fourth-order valence-electron chi connectivity index (χ4n) is 2.55. The van der Waals surface area contributed by atoms with E-state index in [1.165, 1.54) is 12.1 Å². The number of nitrogens with two attached hydrogens (primary N) is 1. The van der Waals surface area contributed by atoms with Crippen LogP contribution in [0.25, 0.3) is 0 Å². The van der Waals surface area contributed by atoms with Crippen LogP contribution < -0.4 is 11.1 Å². The van der Waals surface area contributed by atoms with Crippen molar-refractivity contribution in [3.8, 4) is 0 Å². The second kappa shape index (κ2) is 7.34. The lowest BCUT2D eigenvalue weighted by Gasteiger charge is -2.29. The highest BCUT2D eigenvalue weighted by Gasteiger charge is 2.36. The number of hydrogen-bond acceptors (Lipinski definition) is 2. The van der Waals surface area contributed by atoms with Crippen LogP contribution in [0.4, 0.5) is 13.2 Å². The molecule has 0 saturated carbocycles. The summed E-state index contributed by atoms with van der Waals surface area (Å²) in [6.07, 6.45) is -3.15. The van der Waals surface area contributed by atoms with Crippen LogP contribution in [-0.4, -0.2) is 17.5 Å². The number of alkyl halides is 3. The number of carbonyl (C=O) groups is 1. The minimum atomic E-state index is -4.42. The Bertz CT molecular complexity index is 541. The number of rotatable bonds is 6. The van der Waals surface area contributed by atoms with E-state index in [2.05, 4.69) is 5.32 Å². The van der Waals surface area contributed by atoms with Gasteiger partial charge in [0.25, 0.3) is 0 Å². The monoisotopic (exact) mass is 330 g/mol. The molecule has 3 unspecified atom stereocenters. The molecule has 0 bridgehead atoms. The van der Waals surface area contributed by atoms with Crippen molar-refractivity contribution >= 4 is 5.91 Å². The Morgan fingerprint density at radius 1 is 1.26 bits per heavy atom. The lowest BCUT2D eigenvalue weighted by Crippen LogP contribution is -2.54. The number of halogens is 3. The van der Waals surface area contributed by atoms with Crippen LogP contribution in [0.5, 0.6) is 0 Å². The quantitative estimate of drug-likeness (QED) is 0.833. The molecule has 23 heavy (non-hydrogen) atoms. The van der Waals surface area contributed by atoms with E-state index in [1.54, 1.807) is 26.8 Å². The standard InChI is InChI=1S/C17H25F3N2O/c1-5-10-16(4,21)15(23)22-12(3)11(2)13-8-6-7-9-14(13)17(18,19)20/h6-9,11-12H,5,10,21H2,1-4H3,(H,22,23). The molecule has 1 aromatic carbocycles. The third kappa shape index (κ3) is 4.96. The minimum Gasteiger partial charge on any atom is -0.351 e. The molecule has 130 valence electrons. The predicted molar refractivity (Wildman–Crippen MR) is 85.0 cm³/mol. The Morgan fingerprint density at radius 2 is 1.83 bits per heavy atom. The average Bonchev–Trinajstić information content (AvgIpc) is 2.45. The summed E-state index contributed by atoms with van der Waals surface area (Å²) in [5.74, 6) is -0.836. The molecule has 0 fully saturated rings. The van der Waals surface area contributed by atoms with Gasteiger partial charge in [0.15, 0.2) is 0 Å². The van der Waals surface area contributed by atoms with Crippen molar-refractivity contribution in [1.82, 2.24) is 5.32 Å². The number of carbonyl (C=O) groups excluding carboxylic acids is 1. The van der Waals surface area contributed by atoms with Gasteiger partial charge in [-0.25, -0.2) is 0 Å². The first-order valence-corrected chi connectivity index (χ1v) is 7.76. The normalized spacial score (nSPS) is 17.2. The van der Waals surface area contributed by atoms with Crippen molar-refractivity contribution in [2.24, 2.45) is 5.73 Å². The molecule has 3 N–H and O–H groups in total. The van der Waals surface area contributed by atoms with Crippen LogP contribution >= 0.6 is 0 Å². The van der Waals surface area contributed by atoms with Crippen LogP contribution in [-0.2, 0) is 11.0 Å². The van der Waals surface area contributed by atoms with E-state index in [4.69, 9.17) is 5.73 Å². The Kier molecular flexibility index (Phi) is 6.22. The Morgan fingerprint density at radius 3 is 2.35 bits per heavy atom. The SMILES string of the molecule is CCCC(C)(N)C(=O)NC(C)C(C)c1ccccc1C(F)(F)F. The van der Waals surface area contributed by atoms with Gasteiger partial charge in [-0.05, 0) is 31.9 Å². The number of amides is 1. The van der Waals surface area contributed by atoms with E-state index in [9.17, 15) is 18.0 Å². The number of benzene rings is 1. The van der Waals surface area contributed by atoms with Gasteiger partial charge in [0.05, 0.1) is 11.1 Å². The van der Waals surface area contributed by atoms with Gasteiger partial charge in [-0.15, -0.1) is 0 Å². The van der Waals surface area contributed by atoms with E-state index in [-0.39, 0.29) is 11.5 Å². The molecule has 1 amide bonds. The van der Waals surface area contributed by atoms with Crippen LogP contribution in [0.2, 0.25) is 0 Å². The van der Waals surface area contributed by atoms with Gasteiger partial charge in [0.2, 0.25) is 5.91 Å². The molecule has 0 radical (unpaired) electrons. The molecule has 3 nitrogen and oxygen atoms in total. The van der Waals surface area contributed by atoms with E-state index in [0.717, 1.165) is 12.5 Å². The van der Waals surface area contributed by atoms with Gasteiger partial charge in [-0.1, -0.05) is 38.5 Å². The maximum atomic E-state index is 13.1. The molecular formula is C17H25F3N2O. The van der Waals surface area contributed by atoms with Gasteiger partial charge in [-0.2, -0.15) is 13.2 Å². The second-order valence-electron chi connectivity index (χ2n) is 6.30. The van der Waals surface area contributed by atoms with Crippen molar-refractivity contribution in [1.29, 1.82) is 0 Å². The van der Waals surface area contributed by atoms with Crippen molar-refractivity contribution < 1.29 is 18.0 Å². The molecule has 1 rings (SSSR count). The molecule has 1 aromatic rings. The zero-order valence-corrected chi connectivity index (χ0v) is 14.0. The molecule has 0 aromatic heterocycles. The van der Waals surface area contributed by atoms with Crippen molar-refractivity contribution in [3.63, 3.8) is 0 Å². The smallest absolute Gasteiger partial charge is 0.351 e. The summed E-state index contributed by atoms with van der Waals surface area (Å²) in [4.78, 5) is 12.2. The summed E-state index contributed by atoms with van der Waals surface area (Å²) in [6.45, 7) is 6.91. The zero-order chi connectivity index (χ0) is 17.8. The summed E-state index contributed by atoms with van der Waals surface area (Å²) >= 11 is 0. The van der Waals surface area contributed by atoms with E-state index < -0.39 is 29.2 Å². The summed E-state index contributed by atoms with van der Waals surface area (Å²) in [5.41, 5.74) is 4.44. The van der Waals surface area contributed by atoms with Crippen LogP contribution in [0, 0.1) is 0 Å². The fraction of sp³-hybridized carbons (Fsp3) is 0.588. The largest absolute Gasteiger partial charge is 0.416 e. The highest BCUT2D eigenvalue weighted by molar-refractivity contribution is 5.85. The highest BCUT2D eigenvalue weighted by atomic mass is 19.4. The third-order valence-electron chi connectivity index (χ3n) is 4.15. The van der Waals surface area contributed by atoms with Crippen molar-refractivity contribution in [2.45, 2.75) is 64.2 Å². The predicted octanol–water partition coefficient (Wildman–Crippen LogP) is 3.83.